The summed E-state index contributed by atoms with van der Waals surface area (Å²) in [6.07, 6.45) is 0.529. The molecule has 3 aromatic rings. The molecule has 0 aliphatic carbocycles. The van der Waals surface area contributed by atoms with Gasteiger partial charge in [-0.05, 0) is 36.6 Å². The van der Waals surface area contributed by atoms with Gasteiger partial charge in [0.15, 0.2) is 5.43 Å². The molecule has 1 unspecified atom stereocenters. The van der Waals surface area contributed by atoms with E-state index in [0.717, 1.165) is 21.2 Å². The minimum atomic E-state index is -0.491. The lowest BCUT2D eigenvalue weighted by Gasteiger charge is -2.20. The standard InChI is InChI=1S/C23H21ClN2O4S2/c1-13-10-17(27)22(23(29)25-8-7-21(28)30-2)16-12-20(18-4-3-9-31-18)32-19-11-14(24)5-6-15(19)26(13)16/h3-6,9-11,20H,7-8,12H2,1-2H3,(H,25,29). The van der Waals surface area contributed by atoms with Crippen LogP contribution in [-0.4, -0.2) is 30.1 Å². The van der Waals surface area contributed by atoms with Crippen molar-refractivity contribution < 1.29 is 14.3 Å². The van der Waals surface area contributed by atoms with E-state index in [1.54, 1.807) is 23.1 Å². The summed E-state index contributed by atoms with van der Waals surface area (Å²) in [5, 5.41) is 5.36. The number of rotatable bonds is 5. The normalized spacial score (nSPS) is 14.8. The second-order valence-corrected chi connectivity index (χ2v) is 9.99. The largest absolute Gasteiger partial charge is 0.469 e. The van der Waals surface area contributed by atoms with E-state index in [4.69, 9.17) is 11.6 Å². The SMILES string of the molecule is COC(=O)CCNC(=O)c1c2n(c(C)cc1=O)-c1ccc(Cl)cc1SC(c1cccs1)C2. The third kappa shape index (κ3) is 4.48. The molecule has 2 aromatic heterocycles. The Morgan fingerprint density at radius 1 is 1.28 bits per heavy atom. The number of halogens is 1. The highest BCUT2D eigenvalue weighted by atomic mass is 35.5. The van der Waals surface area contributed by atoms with Crippen molar-refractivity contribution in [1.29, 1.82) is 0 Å². The van der Waals surface area contributed by atoms with Gasteiger partial charge in [-0.15, -0.1) is 23.1 Å². The summed E-state index contributed by atoms with van der Waals surface area (Å²) in [6.45, 7) is 1.95. The molecular formula is C23H21ClN2O4S2. The predicted octanol–water partition coefficient (Wildman–Crippen LogP) is 4.54. The van der Waals surface area contributed by atoms with Crippen LogP contribution in [-0.2, 0) is 16.0 Å². The molecule has 3 heterocycles. The van der Waals surface area contributed by atoms with E-state index in [0.29, 0.717) is 17.1 Å². The fraction of sp³-hybridized carbons (Fsp3) is 0.261. The van der Waals surface area contributed by atoms with Gasteiger partial charge >= 0.3 is 5.97 Å². The fourth-order valence-electron chi connectivity index (χ4n) is 3.80. The number of aryl methyl sites for hydroxylation is 1. The maximum Gasteiger partial charge on any atom is 0.307 e. The van der Waals surface area contributed by atoms with Gasteiger partial charge in [0.25, 0.3) is 5.91 Å². The summed E-state index contributed by atoms with van der Waals surface area (Å²) in [7, 11) is 1.29. The Balaban J connectivity index is 1.84. The molecule has 1 aliphatic heterocycles. The van der Waals surface area contributed by atoms with Crippen molar-refractivity contribution in [2.45, 2.75) is 29.9 Å². The number of benzene rings is 1. The molecule has 1 atom stereocenters. The lowest BCUT2D eigenvalue weighted by Crippen LogP contribution is -2.34. The molecule has 166 valence electrons. The topological polar surface area (TPSA) is 77.4 Å². The molecule has 1 aromatic carbocycles. The smallest absolute Gasteiger partial charge is 0.307 e. The molecule has 0 spiro atoms. The zero-order chi connectivity index (χ0) is 22.8. The van der Waals surface area contributed by atoms with E-state index in [1.165, 1.54) is 13.2 Å². The number of fused-ring (bicyclic) bond motifs is 3. The number of carbonyl (C=O) groups is 2. The van der Waals surface area contributed by atoms with Gasteiger partial charge in [0.2, 0.25) is 0 Å². The number of ether oxygens (including phenoxy) is 1. The molecule has 6 nitrogen and oxygen atoms in total. The first kappa shape index (κ1) is 22.6. The van der Waals surface area contributed by atoms with Gasteiger partial charge in [-0.25, -0.2) is 0 Å². The molecule has 32 heavy (non-hydrogen) atoms. The summed E-state index contributed by atoms with van der Waals surface area (Å²) in [6, 6.07) is 11.2. The maximum absolute atomic E-state index is 13.1. The first-order chi connectivity index (χ1) is 15.4. The zero-order valence-corrected chi connectivity index (χ0v) is 19.9. The van der Waals surface area contributed by atoms with Crippen LogP contribution in [0.25, 0.3) is 5.69 Å². The Hall–Kier alpha value is -2.55. The fourth-order valence-corrected chi connectivity index (χ4v) is 6.28. The number of aromatic nitrogens is 1. The van der Waals surface area contributed by atoms with Crippen LogP contribution in [0.4, 0.5) is 0 Å². The third-order valence-corrected chi connectivity index (χ3v) is 7.89. The number of nitrogens with zero attached hydrogens (tertiary/aromatic N) is 1. The summed E-state index contributed by atoms with van der Waals surface area (Å²) < 4.78 is 6.59. The first-order valence-corrected chi connectivity index (χ1v) is 12.1. The highest BCUT2D eigenvalue weighted by Crippen LogP contribution is 2.46. The second-order valence-electron chi connectivity index (χ2n) is 7.33. The Labute approximate surface area is 198 Å². The number of methoxy groups -OCH3 is 1. The molecule has 0 saturated carbocycles. The number of esters is 1. The number of thioether (sulfide) groups is 1. The van der Waals surface area contributed by atoms with Gasteiger partial charge in [0.1, 0.15) is 5.56 Å². The van der Waals surface area contributed by atoms with Gasteiger partial charge in [-0.3, -0.25) is 14.4 Å². The number of hydrogen-bond acceptors (Lipinski definition) is 6. The number of hydrogen-bond donors (Lipinski definition) is 1. The van der Waals surface area contributed by atoms with Gasteiger partial charge in [0.05, 0.1) is 19.2 Å². The molecule has 0 saturated heterocycles. The molecule has 1 amide bonds. The quantitative estimate of drug-likeness (QED) is 0.533. The maximum atomic E-state index is 13.1. The van der Waals surface area contributed by atoms with Crippen molar-refractivity contribution in [3.05, 3.63) is 78.9 Å². The Kier molecular flexibility index (Phi) is 6.74. The molecule has 0 bridgehead atoms. The van der Waals surface area contributed by atoms with Crippen LogP contribution in [0.3, 0.4) is 0 Å². The predicted molar refractivity (Wildman–Crippen MR) is 127 cm³/mol. The minimum Gasteiger partial charge on any atom is -0.469 e. The average molecular weight is 489 g/mol. The molecule has 1 aliphatic rings. The third-order valence-electron chi connectivity index (χ3n) is 5.24. The van der Waals surface area contributed by atoms with Crippen molar-refractivity contribution in [3.63, 3.8) is 0 Å². The van der Waals surface area contributed by atoms with Crippen molar-refractivity contribution in [1.82, 2.24) is 9.88 Å². The number of pyridine rings is 1. The van der Waals surface area contributed by atoms with Crippen molar-refractivity contribution in [2.24, 2.45) is 0 Å². The van der Waals surface area contributed by atoms with E-state index in [9.17, 15) is 14.4 Å². The van der Waals surface area contributed by atoms with Crippen LogP contribution in [0.1, 0.15) is 38.3 Å². The minimum absolute atomic E-state index is 0.0174. The summed E-state index contributed by atoms with van der Waals surface area (Å²) in [4.78, 5) is 39.6. The zero-order valence-electron chi connectivity index (χ0n) is 17.5. The van der Waals surface area contributed by atoms with E-state index >= 15 is 0 Å². The summed E-state index contributed by atoms with van der Waals surface area (Å²) >= 11 is 9.62. The molecular weight excluding hydrogens is 468 g/mol. The lowest BCUT2D eigenvalue weighted by atomic mass is 10.0. The Bertz CT molecular complexity index is 1240. The van der Waals surface area contributed by atoms with Crippen molar-refractivity contribution in [2.75, 3.05) is 13.7 Å². The number of nitrogens with one attached hydrogen (secondary N) is 1. The Morgan fingerprint density at radius 2 is 2.09 bits per heavy atom. The molecule has 9 heteroatoms. The highest BCUT2D eigenvalue weighted by molar-refractivity contribution is 7.99. The van der Waals surface area contributed by atoms with Crippen LogP contribution in [0.5, 0.6) is 0 Å². The van der Waals surface area contributed by atoms with Gasteiger partial charge in [-0.2, -0.15) is 0 Å². The van der Waals surface area contributed by atoms with Crippen LogP contribution >= 0.6 is 34.7 Å². The van der Waals surface area contributed by atoms with Crippen LogP contribution in [0.2, 0.25) is 5.02 Å². The Morgan fingerprint density at radius 3 is 2.81 bits per heavy atom. The lowest BCUT2D eigenvalue weighted by molar-refractivity contribution is -0.140. The summed E-state index contributed by atoms with van der Waals surface area (Å²) in [5.74, 6) is -0.917. The number of thiophene rings is 1. The van der Waals surface area contributed by atoms with Gasteiger partial charge in [-0.1, -0.05) is 17.7 Å². The van der Waals surface area contributed by atoms with E-state index < -0.39 is 11.9 Å². The van der Waals surface area contributed by atoms with Crippen LogP contribution in [0, 0.1) is 6.92 Å². The van der Waals surface area contributed by atoms with Gasteiger partial charge < -0.3 is 14.6 Å². The number of carbonyl (C=O) groups excluding carboxylic acids is 2. The van der Waals surface area contributed by atoms with Crippen molar-refractivity contribution in [3.8, 4) is 5.69 Å². The monoisotopic (exact) mass is 488 g/mol. The summed E-state index contributed by atoms with van der Waals surface area (Å²) in [5.41, 5.74) is 2.04. The van der Waals surface area contributed by atoms with Gasteiger partial charge in [0, 0.05) is 50.5 Å². The average Bonchev–Trinajstić information content (AvgIpc) is 3.23. The van der Waals surface area contributed by atoms with E-state index in [1.807, 2.05) is 41.1 Å². The van der Waals surface area contributed by atoms with E-state index in [-0.39, 0.29) is 29.2 Å². The highest BCUT2D eigenvalue weighted by Gasteiger charge is 2.29. The molecule has 4 rings (SSSR count). The van der Waals surface area contributed by atoms with Crippen molar-refractivity contribution >= 4 is 46.6 Å². The molecule has 0 radical (unpaired) electrons. The second kappa shape index (κ2) is 9.52. The van der Waals surface area contributed by atoms with E-state index in [2.05, 4.69) is 16.1 Å². The van der Waals surface area contributed by atoms with Crippen LogP contribution < -0.4 is 10.7 Å². The molecule has 0 fully saturated rings. The first-order valence-electron chi connectivity index (χ1n) is 9.99. The molecule has 1 N–H and O–H groups in total. The number of amides is 1. The van der Waals surface area contributed by atoms with Crippen LogP contribution in [0.15, 0.2) is 51.5 Å².